The van der Waals surface area contributed by atoms with Crippen molar-refractivity contribution < 1.29 is 24.2 Å². The molecule has 0 bridgehead atoms. The zero-order valence-electron chi connectivity index (χ0n) is 27.1. The van der Waals surface area contributed by atoms with Gasteiger partial charge in [0, 0.05) is 28.3 Å². The van der Waals surface area contributed by atoms with Crippen molar-refractivity contribution in [3.8, 4) is 0 Å². The molecule has 0 amide bonds. The number of hydrogen-bond acceptors (Lipinski definition) is 5. The SMILES string of the molecule is CC(C)(C)[Si](O[C@H](CC[C@H]1C(=O)C[C@H](O)[C@@H]1CC=CCCCC(=O)O)c1cc2ccccc2s1)(c1ccccc1)c1ccccc1. The van der Waals surface area contributed by atoms with Crippen LogP contribution >= 0.6 is 11.3 Å². The Kier molecular flexibility index (Phi) is 11.1. The van der Waals surface area contributed by atoms with E-state index in [0.717, 1.165) is 4.88 Å². The maximum atomic E-state index is 13.3. The molecule has 0 saturated heterocycles. The summed E-state index contributed by atoms with van der Waals surface area (Å²) >= 11 is 1.77. The average Bonchev–Trinajstić information content (AvgIpc) is 3.58. The maximum Gasteiger partial charge on any atom is 0.303 e. The Morgan fingerprint density at radius 1 is 0.978 bits per heavy atom. The first-order valence-electron chi connectivity index (χ1n) is 16.4. The number of aliphatic carboxylic acids is 1. The highest BCUT2D eigenvalue weighted by atomic mass is 32.1. The van der Waals surface area contributed by atoms with E-state index < -0.39 is 20.4 Å². The highest BCUT2D eigenvalue weighted by Gasteiger charge is 2.52. The molecule has 1 fully saturated rings. The molecule has 46 heavy (non-hydrogen) atoms. The summed E-state index contributed by atoms with van der Waals surface area (Å²) in [5.41, 5.74) is 0. The monoisotopic (exact) mass is 654 g/mol. The summed E-state index contributed by atoms with van der Waals surface area (Å²) in [6.07, 6.45) is 6.59. The van der Waals surface area contributed by atoms with Crippen LogP contribution in [0.25, 0.3) is 10.1 Å². The summed E-state index contributed by atoms with van der Waals surface area (Å²) in [7, 11) is -2.89. The normalized spacial score (nSPS) is 19.7. The van der Waals surface area contributed by atoms with Crippen LogP contribution in [0.3, 0.4) is 0 Å². The molecule has 0 radical (unpaired) electrons. The lowest BCUT2D eigenvalue weighted by Crippen LogP contribution is -2.66. The number of carbonyl (C=O) groups excluding carboxylic acids is 1. The van der Waals surface area contributed by atoms with Crippen LogP contribution in [0, 0.1) is 11.8 Å². The first-order valence-corrected chi connectivity index (χ1v) is 19.2. The van der Waals surface area contributed by atoms with E-state index in [4.69, 9.17) is 9.53 Å². The molecule has 1 saturated carbocycles. The van der Waals surface area contributed by atoms with Gasteiger partial charge in [-0.15, -0.1) is 11.3 Å². The first-order chi connectivity index (χ1) is 22.1. The maximum absolute atomic E-state index is 13.3. The quantitative estimate of drug-likeness (QED) is 0.0817. The molecule has 4 atom stereocenters. The molecule has 5 rings (SSSR count). The summed E-state index contributed by atoms with van der Waals surface area (Å²) in [5.74, 6) is -1.08. The van der Waals surface area contributed by atoms with Gasteiger partial charge in [-0.25, -0.2) is 0 Å². The third-order valence-electron chi connectivity index (χ3n) is 9.41. The van der Waals surface area contributed by atoms with Gasteiger partial charge in [-0.05, 0) is 71.0 Å². The van der Waals surface area contributed by atoms with E-state index in [0.29, 0.717) is 32.1 Å². The Labute approximate surface area is 278 Å². The van der Waals surface area contributed by atoms with Gasteiger partial charge in [0.2, 0.25) is 0 Å². The number of thiophene rings is 1. The number of allylic oxidation sites excluding steroid dienone is 2. The van der Waals surface area contributed by atoms with Crippen molar-refractivity contribution >= 4 is 51.9 Å². The Morgan fingerprint density at radius 2 is 1.61 bits per heavy atom. The lowest BCUT2D eigenvalue weighted by molar-refractivity contribution is -0.137. The fourth-order valence-corrected chi connectivity index (χ4v) is 13.0. The smallest absolute Gasteiger partial charge is 0.303 e. The van der Waals surface area contributed by atoms with Crippen molar-refractivity contribution in [3.05, 3.63) is 108 Å². The topological polar surface area (TPSA) is 83.8 Å². The fourth-order valence-electron chi connectivity index (χ4n) is 7.11. The molecule has 7 heteroatoms. The van der Waals surface area contributed by atoms with Crippen molar-refractivity contribution in [2.45, 2.75) is 83.0 Å². The molecule has 3 aromatic carbocycles. The molecular weight excluding hydrogens is 609 g/mol. The fraction of sp³-hybridized carbons (Fsp3) is 0.385. The minimum absolute atomic E-state index is 0.123. The number of carbonyl (C=O) groups is 2. The number of aliphatic hydroxyl groups excluding tert-OH is 1. The van der Waals surface area contributed by atoms with Gasteiger partial charge < -0.3 is 14.6 Å². The number of rotatable bonds is 14. The molecule has 242 valence electrons. The molecule has 1 aliphatic carbocycles. The summed E-state index contributed by atoms with van der Waals surface area (Å²) in [6.45, 7) is 6.87. The summed E-state index contributed by atoms with van der Waals surface area (Å²) in [5, 5.41) is 23.3. The second kappa shape index (κ2) is 15.0. The highest BCUT2D eigenvalue weighted by Crippen LogP contribution is 2.45. The molecule has 1 heterocycles. The van der Waals surface area contributed by atoms with Gasteiger partial charge >= 0.3 is 5.97 Å². The van der Waals surface area contributed by atoms with E-state index in [9.17, 15) is 14.7 Å². The van der Waals surface area contributed by atoms with Gasteiger partial charge in [-0.2, -0.15) is 0 Å². The summed E-state index contributed by atoms with van der Waals surface area (Å²) < 4.78 is 8.92. The van der Waals surface area contributed by atoms with Crippen LogP contribution in [0.1, 0.15) is 76.7 Å². The van der Waals surface area contributed by atoms with Gasteiger partial charge in [-0.1, -0.05) is 112 Å². The number of carboxylic acid groups (broad SMARTS) is 1. The minimum Gasteiger partial charge on any atom is -0.481 e. The van der Waals surface area contributed by atoms with Crippen molar-refractivity contribution in [1.29, 1.82) is 0 Å². The van der Waals surface area contributed by atoms with Crippen LogP contribution in [-0.4, -0.2) is 36.4 Å². The van der Waals surface area contributed by atoms with Crippen LogP contribution in [-0.2, 0) is 14.0 Å². The molecular formula is C39H46O5SSi. The standard InChI is InChI=1S/C39H46O5SSi/c1-39(2,3)46(29-17-8-6-9-18-29,30-19-10-7-11-20-30)44-35(37-26-28-16-14-15-22-36(28)45-37)25-24-32-31(33(40)27-34(32)41)21-12-4-5-13-23-38(42)43/h4,6-12,14-20,22,26,31-33,35,40H,5,13,21,23-25,27H2,1-3H3,(H,42,43)/t31-,32-,33+,35-/m1/s1. The molecule has 1 aromatic heterocycles. The van der Waals surface area contributed by atoms with Crippen LogP contribution in [0.2, 0.25) is 5.04 Å². The Morgan fingerprint density at radius 3 is 2.22 bits per heavy atom. The second-order valence-electron chi connectivity index (χ2n) is 13.5. The predicted octanol–water partition coefficient (Wildman–Crippen LogP) is 8.07. The van der Waals surface area contributed by atoms with Crippen LogP contribution < -0.4 is 10.4 Å². The summed E-state index contributed by atoms with van der Waals surface area (Å²) in [6, 6.07) is 32.0. The second-order valence-corrected chi connectivity index (χ2v) is 18.9. The average molecular weight is 655 g/mol. The number of unbranched alkanes of at least 4 members (excludes halogenated alkanes) is 1. The largest absolute Gasteiger partial charge is 0.481 e. The lowest BCUT2D eigenvalue weighted by atomic mass is 9.86. The van der Waals surface area contributed by atoms with E-state index in [1.807, 2.05) is 12.2 Å². The molecule has 0 aliphatic heterocycles. The van der Waals surface area contributed by atoms with E-state index in [2.05, 4.69) is 112 Å². The Hall–Kier alpha value is -3.36. The van der Waals surface area contributed by atoms with Crippen LogP contribution in [0.4, 0.5) is 0 Å². The number of carboxylic acids is 1. The molecule has 0 unspecified atom stereocenters. The molecule has 2 N–H and O–H groups in total. The Bertz CT molecular complexity index is 1550. The van der Waals surface area contributed by atoms with Gasteiger partial charge in [-0.3, -0.25) is 9.59 Å². The van der Waals surface area contributed by atoms with Crippen LogP contribution in [0.5, 0.6) is 0 Å². The van der Waals surface area contributed by atoms with Gasteiger partial charge in [0.05, 0.1) is 12.2 Å². The molecule has 4 aromatic rings. The van der Waals surface area contributed by atoms with Crippen LogP contribution in [0.15, 0.2) is 103 Å². The number of ketones is 1. The minimum atomic E-state index is -2.89. The van der Waals surface area contributed by atoms with Crippen molar-refractivity contribution in [2.75, 3.05) is 0 Å². The zero-order chi connectivity index (χ0) is 32.7. The number of Topliss-reactive ketones (excluding diaryl/α,β-unsaturated/α-hetero) is 1. The van der Waals surface area contributed by atoms with Gasteiger partial charge in [0.15, 0.2) is 0 Å². The molecule has 1 aliphatic rings. The number of fused-ring (bicyclic) bond motifs is 1. The number of hydrogen-bond donors (Lipinski definition) is 2. The van der Waals surface area contributed by atoms with Gasteiger partial charge in [0.25, 0.3) is 8.32 Å². The lowest BCUT2D eigenvalue weighted by Gasteiger charge is -2.45. The van der Waals surface area contributed by atoms with Crippen molar-refractivity contribution in [3.63, 3.8) is 0 Å². The van der Waals surface area contributed by atoms with E-state index >= 15 is 0 Å². The van der Waals surface area contributed by atoms with E-state index in [1.54, 1.807) is 11.3 Å². The highest BCUT2D eigenvalue weighted by molar-refractivity contribution is 7.19. The third-order valence-corrected chi connectivity index (χ3v) is 15.7. The summed E-state index contributed by atoms with van der Waals surface area (Å²) in [4.78, 5) is 25.3. The predicted molar refractivity (Wildman–Crippen MR) is 190 cm³/mol. The third kappa shape index (κ3) is 7.60. The zero-order valence-corrected chi connectivity index (χ0v) is 28.9. The van der Waals surface area contributed by atoms with E-state index in [1.165, 1.54) is 20.5 Å². The first kappa shape index (κ1) is 34.0. The van der Waals surface area contributed by atoms with Crippen molar-refractivity contribution in [2.24, 2.45) is 11.8 Å². The molecule has 5 nitrogen and oxygen atoms in total. The van der Waals surface area contributed by atoms with Crippen molar-refractivity contribution in [1.82, 2.24) is 0 Å². The number of benzene rings is 3. The molecule has 0 spiro atoms. The number of aliphatic hydroxyl groups is 1. The Balaban J connectivity index is 1.49. The van der Waals surface area contributed by atoms with Gasteiger partial charge in [0.1, 0.15) is 5.78 Å². The van der Waals surface area contributed by atoms with E-state index in [-0.39, 0.29) is 41.6 Å².